The molecule has 5 rings (SSSR count). The topological polar surface area (TPSA) is 57.3 Å². The first-order valence-corrected chi connectivity index (χ1v) is 12.8. The van der Waals surface area contributed by atoms with Crippen LogP contribution in [0.25, 0.3) is 10.2 Å². The van der Waals surface area contributed by atoms with Crippen LogP contribution in [0.15, 0.2) is 78.9 Å². The highest BCUT2D eigenvalue weighted by Gasteiger charge is 2.19. The highest BCUT2D eigenvalue weighted by Crippen LogP contribution is 2.24. The van der Waals surface area contributed by atoms with Gasteiger partial charge in [0.05, 0.1) is 10.2 Å². The van der Waals surface area contributed by atoms with Gasteiger partial charge in [0.15, 0.2) is 0 Å². The molecule has 0 atom stereocenters. The minimum atomic E-state index is 0.0524. The van der Waals surface area contributed by atoms with Crippen LogP contribution < -0.4 is 15.5 Å². The molecule has 0 bridgehead atoms. The number of nitrogens with one attached hydrogen (secondary N) is 2. The lowest BCUT2D eigenvalue weighted by atomic mass is 10.0. The smallest absolute Gasteiger partial charge is 0.224 e. The summed E-state index contributed by atoms with van der Waals surface area (Å²) in [6, 6.07) is 27.2. The fraction of sp³-hybridized carbons (Fsp3) is 0.286. The number of fused-ring (bicyclic) bond motifs is 1. The molecule has 0 radical (unpaired) electrons. The standard InChI is InChI=1S/C28H30N4OS/c33-27(15-10-21-6-2-1-3-7-21)30-23-11-13-24(14-12-23)32-18-16-22(17-19-32)29-20-28-31-25-8-4-5-9-26(25)34-28/h1-9,11-14,22,29H,10,15-20H2,(H,30,33). The second kappa shape index (κ2) is 10.8. The Kier molecular flexibility index (Phi) is 7.17. The van der Waals surface area contributed by atoms with E-state index in [1.165, 1.54) is 16.0 Å². The van der Waals surface area contributed by atoms with Crippen molar-refractivity contribution in [2.24, 2.45) is 0 Å². The van der Waals surface area contributed by atoms with Gasteiger partial charge in [0.1, 0.15) is 5.01 Å². The SMILES string of the molecule is O=C(CCc1ccccc1)Nc1ccc(N2CCC(NCc3nc4ccccc4s3)CC2)cc1. The van der Waals surface area contributed by atoms with Crippen LogP contribution in [0, 0.1) is 0 Å². The number of piperidine rings is 1. The molecule has 1 fully saturated rings. The number of thiazole rings is 1. The number of hydrogen-bond donors (Lipinski definition) is 2. The number of hydrogen-bond acceptors (Lipinski definition) is 5. The van der Waals surface area contributed by atoms with Gasteiger partial charge < -0.3 is 15.5 Å². The summed E-state index contributed by atoms with van der Waals surface area (Å²) in [6.45, 7) is 2.89. The predicted molar refractivity (Wildman–Crippen MR) is 142 cm³/mol. The summed E-state index contributed by atoms with van der Waals surface area (Å²) in [7, 11) is 0. The van der Waals surface area contributed by atoms with E-state index in [1.807, 2.05) is 36.4 Å². The first kappa shape index (κ1) is 22.6. The number of anilines is 2. The van der Waals surface area contributed by atoms with E-state index in [2.05, 4.69) is 58.0 Å². The summed E-state index contributed by atoms with van der Waals surface area (Å²) in [6.07, 6.45) is 3.47. The Bertz CT molecular complexity index is 1180. The number of nitrogens with zero attached hydrogens (tertiary/aromatic N) is 2. The predicted octanol–water partition coefficient (Wildman–Crippen LogP) is 5.63. The summed E-state index contributed by atoms with van der Waals surface area (Å²) < 4.78 is 1.25. The van der Waals surface area contributed by atoms with Gasteiger partial charge in [-0.2, -0.15) is 0 Å². The first-order chi connectivity index (χ1) is 16.7. The molecule has 1 aliphatic heterocycles. The molecule has 0 aliphatic carbocycles. The van der Waals surface area contributed by atoms with Crippen LogP contribution in [0.2, 0.25) is 0 Å². The zero-order valence-corrected chi connectivity index (χ0v) is 20.1. The molecule has 4 aromatic rings. The second-order valence-corrected chi connectivity index (χ2v) is 9.91. The van der Waals surface area contributed by atoms with Crippen molar-refractivity contribution >= 4 is 38.8 Å². The molecule has 34 heavy (non-hydrogen) atoms. The summed E-state index contributed by atoms with van der Waals surface area (Å²) in [5.74, 6) is 0.0524. The molecule has 174 valence electrons. The highest BCUT2D eigenvalue weighted by molar-refractivity contribution is 7.18. The third kappa shape index (κ3) is 5.82. The summed E-state index contributed by atoms with van der Waals surface area (Å²) >= 11 is 1.78. The zero-order chi connectivity index (χ0) is 23.2. The minimum absolute atomic E-state index is 0.0524. The van der Waals surface area contributed by atoms with Crippen molar-refractivity contribution in [3.05, 3.63) is 89.4 Å². The van der Waals surface area contributed by atoms with Gasteiger partial charge in [-0.1, -0.05) is 42.5 Å². The fourth-order valence-corrected chi connectivity index (χ4v) is 5.37. The van der Waals surface area contributed by atoms with E-state index in [9.17, 15) is 4.79 Å². The van der Waals surface area contributed by atoms with Crippen molar-refractivity contribution in [3.8, 4) is 0 Å². The number of aromatic nitrogens is 1. The average Bonchev–Trinajstić information content (AvgIpc) is 3.31. The molecular formula is C28H30N4OS. The zero-order valence-electron chi connectivity index (χ0n) is 19.2. The molecule has 1 aliphatic rings. The number of benzene rings is 3. The Morgan fingerprint density at radius 2 is 1.68 bits per heavy atom. The normalized spacial score (nSPS) is 14.4. The van der Waals surface area contributed by atoms with Crippen molar-refractivity contribution in [2.45, 2.75) is 38.3 Å². The van der Waals surface area contributed by atoms with Crippen molar-refractivity contribution in [2.75, 3.05) is 23.3 Å². The van der Waals surface area contributed by atoms with Crippen molar-refractivity contribution in [3.63, 3.8) is 0 Å². The fourth-order valence-electron chi connectivity index (χ4n) is 4.45. The molecule has 0 spiro atoms. The van der Waals surface area contributed by atoms with E-state index in [-0.39, 0.29) is 5.91 Å². The Morgan fingerprint density at radius 1 is 0.941 bits per heavy atom. The average molecular weight is 471 g/mol. The van der Waals surface area contributed by atoms with Gasteiger partial charge in [-0.05, 0) is 61.2 Å². The van der Waals surface area contributed by atoms with Gasteiger partial charge in [-0.15, -0.1) is 11.3 Å². The van der Waals surface area contributed by atoms with E-state index in [1.54, 1.807) is 11.3 Å². The Hall–Kier alpha value is -3.22. The highest BCUT2D eigenvalue weighted by atomic mass is 32.1. The van der Waals surface area contributed by atoms with Crippen LogP contribution >= 0.6 is 11.3 Å². The lowest BCUT2D eigenvalue weighted by Gasteiger charge is -2.34. The van der Waals surface area contributed by atoms with Crippen molar-refractivity contribution in [1.29, 1.82) is 0 Å². The maximum absolute atomic E-state index is 12.3. The minimum Gasteiger partial charge on any atom is -0.371 e. The van der Waals surface area contributed by atoms with Crippen LogP contribution in [-0.4, -0.2) is 30.0 Å². The molecule has 5 nitrogen and oxygen atoms in total. The van der Waals surface area contributed by atoms with Crippen molar-refractivity contribution < 1.29 is 4.79 Å². The molecule has 1 aromatic heterocycles. The number of amides is 1. The maximum Gasteiger partial charge on any atom is 0.224 e. The molecule has 2 heterocycles. The lowest BCUT2D eigenvalue weighted by molar-refractivity contribution is -0.116. The molecule has 6 heteroatoms. The van der Waals surface area contributed by atoms with Gasteiger partial charge in [0.2, 0.25) is 5.91 Å². The summed E-state index contributed by atoms with van der Waals surface area (Å²) in [5, 5.41) is 7.88. The quantitative estimate of drug-likeness (QED) is 0.351. The van der Waals surface area contributed by atoms with E-state index >= 15 is 0 Å². The third-order valence-electron chi connectivity index (χ3n) is 6.37. The summed E-state index contributed by atoms with van der Waals surface area (Å²) in [5.41, 5.74) is 4.35. The van der Waals surface area contributed by atoms with E-state index in [4.69, 9.17) is 4.98 Å². The first-order valence-electron chi connectivity index (χ1n) is 12.0. The summed E-state index contributed by atoms with van der Waals surface area (Å²) in [4.78, 5) is 19.4. The number of aryl methyl sites for hydroxylation is 1. The monoisotopic (exact) mass is 470 g/mol. The molecule has 0 unspecified atom stereocenters. The molecule has 2 N–H and O–H groups in total. The van der Waals surface area contributed by atoms with Gasteiger partial charge in [-0.25, -0.2) is 4.98 Å². The number of carbonyl (C=O) groups is 1. The van der Waals surface area contributed by atoms with Crippen LogP contribution in [0.1, 0.15) is 29.8 Å². The second-order valence-electron chi connectivity index (χ2n) is 8.80. The van der Waals surface area contributed by atoms with Gasteiger partial charge >= 0.3 is 0 Å². The van der Waals surface area contributed by atoms with Gasteiger partial charge in [-0.3, -0.25) is 4.79 Å². The van der Waals surface area contributed by atoms with Crippen LogP contribution in [-0.2, 0) is 17.8 Å². The van der Waals surface area contributed by atoms with E-state index < -0.39 is 0 Å². The number of para-hydroxylation sites is 1. The largest absolute Gasteiger partial charge is 0.371 e. The maximum atomic E-state index is 12.3. The third-order valence-corrected chi connectivity index (χ3v) is 7.41. The lowest BCUT2D eigenvalue weighted by Crippen LogP contribution is -2.42. The van der Waals surface area contributed by atoms with Crippen molar-refractivity contribution in [1.82, 2.24) is 10.3 Å². The van der Waals surface area contributed by atoms with E-state index in [0.717, 1.165) is 55.1 Å². The Balaban J connectivity index is 1.06. The van der Waals surface area contributed by atoms with Crippen LogP contribution in [0.4, 0.5) is 11.4 Å². The molecule has 1 amide bonds. The molecular weight excluding hydrogens is 440 g/mol. The van der Waals surface area contributed by atoms with E-state index in [0.29, 0.717) is 12.5 Å². The van der Waals surface area contributed by atoms with Gasteiger partial charge in [0.25, 0.3) is 0 Å². The molecule has 1 saturated heterocycles. The van der Waals surface area contributed by atoms with Gasteiger partial charge in [0, 0.05) is 43.5 Å². The molecule has 3 aromatic carbocycles. The van der Waals surface area contributed by atoms with Crippen LogP contribution in [0.5, 0.6) is 0 Å². The Labute approximate surface area is 204 Å². The van der Waals surface area contributed by atoms with Crippen LogP contribution in [0.3, 0.4) is 0 Å². The number of rotatable bonds is 8. The Morgan fingerprint density at radius 3 is 2.44 bits per heavy atom. The molecule has 0 saturated carbocycles. The number of carbonyl (C=O) groups excluding carboxylic acids is 1.